The van der Waals surface area contributed by atoms with Crippen LogP contribution in [0.5, 0.6) is 0 Å². The molecular weight excluding hydrogens is 359 g/mol. The smallest absolute Gasteiger partial charge is 0 e. The third-order valence-electron chi connectivity index (χ3n) is 2.49. The van der Waals surface area contributed by atoms with Crippen molar-refractivity contribution >= 4 is 10.8 Å². The molecule has 0 aromatic heterocycles. The van der Waals surface area contributed by atoms with E-state index in [1.54, 1.807) is 0 Å². The van der Waals surface area contributed by atoms with Gasteiger partial charge in [0.25, 0.3) is 0 Å². The van der Waals surface area contributed by atoms with Crippen LogP contribution in [0.1, 0.15) is 26.3 Å². The van der Waals surface area contributed by atoms with Crippen LogP contribution in [0.3, 0.4) is 0 Å². The van der Waals surface area contributed by atoms with E-state index < -0.39 is 0 Å². The zero-order valence-electron chi connectivity index (χ0n) is 11.0. The summed E-state index contributed by atoms with van der Waals surface area (Å²) in [5.74, 6) is 0. The van der Waals surface area contributed by atoms with Crippen molar-refractivity contribution < 1.29 is 25.8 Å². The second kappa shape index (κ2) is 6.44. The maximum atomic E-state index is 2.26. The second-order valence-electron chi connectivity index (χ2n) is 4.58. The Balaban J connectivity index is 0. The van der Waals surface area contributed by atoms with Gasteiger partial charge in [0.05, 0.1) is 0 Å². The molecule has 0 saturated heterocycles. The first-order valence-electron chi connectivity index (χ1n) is 4.74. The zero-order chi connectivity index (χ0) is 9.47. The molecule has 2 aromatic rings. The molecule has 0 heterocycles. The third-order valence-corrected chi connectivity index (χ3v) is 2.49. The number of hydrogen-bond donors (Lipinski definition) is 0. The first-order chi connectivity index (χ1) is 6.09. The quantitative estimate of drug-likeness (QED) is 0.457. The molecule has 1 heteroatoms. The Kier molecular flexibility index (Phi) is 7.27. The number of hydrogen-bond acceptors (Lipinski definition) is 0. The van der Waals surface area contributed by atoms with Gasteiger partial charge in [0.2, 0.25) is 0 Å². The normalized spacial score (nSPS) is 9.94. The Morgan fingerprint density at radius 3 is 2.06 bits per heavy atom. The van der Waals surface area contributed by atoms with Crippen LogP contribution in [0.25, 0.3) is 10.8 Å². The third kappa shape index (κ3) is 3.35. The molecule has 0 unspecified atom stereocenters. The van der Waals surface area contributed by atoms with Crippen LogP contribution in [0.4, 0.5) is 0 Å². The van der Waals surface area contributed by atoms with Crippen LogP contribution in [-0.2, 0) is 31.3 Å². The van der Waals surface area contributed by atoms with E-state index >= 15 is 0 Å². The van der Waals surface area contributed by atoms with Gasteiger partial charge in [-0.05, 0) is 5.41 Å². The Bertz CT molecular complexity index is 418. The van der Waals surface area contributed by atoms with Crippen molar-refractivity contribution in [1.29, 1.82) is 0 Å². The summed E-state index contributed by atoms with van der Waals surface area (Å²) in [5, 5.41) is 2.75. The fourth-order valence-corrected chi connectivity index (χ4v) is 1.80. The summed E-state index contributed by atoms with van der Waals surface area (Å²) in [6, 6.07) is 13.0. The van der Waals surface area contributed by atoms with E-state index in [2.05, 4.69) is 57.2 Å². The Hall–Kier alpha value is -0.300. The molecule has 0 spiro atoms. The minimum Gasteiger partial charge on any atom is -0.358 e. The average Bonchev–Trinajstić information content (AvgIpc) is 2.45. The summed E-state index contributed by atoms with van der Waals surface area (Å²) in [7, 11) is 0. The molecule has 0 saturated carbocycles. The summed E-state index contributed by atoms with van der Waals surface area (Å²) >= 11 is 0. The van der Waals surface area contributed by atoms with Crippen molar-refractivity contribution in [3.8, 4) is 0 Å². The van der Waals surface area contributed by atoms with Gasteiger partial charge < -0.3 is 14.9 Å². The molecule has 2 aromatic carbocycles. The molecule has 16 heavy (non-hydrogen) atoms. The van der Waals surface area contributed by atoms with Crippen LogP contribution in [0.15, 0.2) is 36.4 Å². The molecule has 0 aliphatic heterocycles. The van der Waals surface area contributed by atoms with Crippen molar-refractivity contribution in [2.75, 3.05) is 0 Å². The fraction of sp³-hybridized carbons (Fsp3) is 0.267. The molecule has 0 N–H and O–H groups in total. The topological polar surface area (TPSA) is 0 Å². The molecule has 0 aliphatic carbocycles. The van der Waals surface area contributed by atoms with E-state index in [1.807, 2.05) is 0 Å². The van der Waals surface area contributed by atoms with Crippen molar-refractivity contribution in [3.63, 3.8) is 0 Å². The van der Waals surface area contributed by atoms with Gasteiger partial charge in [0.15, 0.2) is 0 Å². The molecule has 88 valence electrons. The summed E-state index contributed by atoms with van der Waals surface area (Å²) in [6.45, 7) is 6.78. The van der Waals surface area contributed by atoms with E-state index in [1.165, 1.54) is 16.3 Å². The Morgan fingerprint density at radius 1 is 0.938 bits per heavy atom. The van der Waals surface area contributed by atoms with Crippen molar-refractivity contribution in [2.24, 2.45) is 0 Å². The van der Waals surface area contributed by atoms with E-state index in [0.717, 1.165) is 0 Å². The van der Waals surface area contributed by atoms with Crippen LogP contribution in [0, 0.1) is 14.9 Å². The minimum atomic E-state index is 0. The van der Waals surface area contributed by atoms with Gasteiger partial charge in [0, 0.05) is 25.8 Å². The predicted octanol–water partition coefficient (Wildman–Crippen LogP) is 4.75. The Morgan fingerprint density at radius 2 is 1.50 bits per heavy atom. The summed E-state index contributed by atoms with van der Waals surface area (Å²) < 4.78 is 0. The molecular formula is C15H21Hf-3. The second-order valence-corrected chi connectivity index (χ2v) is 4.58. The number of benzene rings is 1. The molecule has 0 fully saturated rings. The zero-order valence-corrected chi connectivity index (χ0v) is 14.6. The number of rotatable bonds is 0. The van der Waals surface area contributed by atoms with Gasteiger partial charge in [0.1, 0.15) is 0 Å². The van der Waals surface area contributed by atoms with Gasteiger partial charge in [-0.25, -0.2) is 0 Å². The predicted molar refractivity (Wildman–Crippen MR) is 71.1 cm³/mol. The summed E-state index contributed by atoms with van der Waals surface area (Å²) in [6.07, 6.45) is 0. The molecule has 0 amide bonds. The van der Waals surface area contributed by atoms with Crippen LogP contribution < -0.4 is 0 Å². The van der Waals surface area contributed by atoms with Crippen molar-refractivity contribution in [1.82, 2.24) is 0 Å². The standard InChI is InChI=1S/C13H15.2CH3.Hf/c1-13(2,3)12-9-8-10-6-4-5-7-11(10)12;;;/h4-9H,1-3H3;2*1H3;/q3*-1;. The Labute approximate surface area is 119 Å². The van der Waals surface area contributed by atoms with E-state index in [9.17, 15) is 0 Å². The average molecular weight is 380 g/mol. The molecule has 0 atom stereocenters. The first kappa shape index (κ1) is 18.1. The summed E-state index contributed by atoms with van der Waals surface area (Å²) in [4.78, 5) is 0. The van der Waals surface area contributed by atoms with Crippen molar-refractivity contribution in [2.45, 2.75) is 26.2 Å². The van der Waals surface area contributed by atoms with Gasteiger partial charge in [-0.3, -0.25) is 0 Å². The molecule has 2 rings (SSSR count). The van der Waals surface area contributed by atoms with Crippen LogP contribution in [-0.4, -0.2) is 0 Å². The maximum Gasteiger partial charge on any atom is 0 e. The molecule has 0 nitrogen and oxygen atoms in total. The SMILES string of the molecule is CC(C)(C)[c-]1ccc2ccccc21.[CH3-].[CH3-].[Hf]. The van der Waals surface area contributed by atoms with E-state index in [0.29, 0.717) is 0 Å². The van der Waals surface area contributed by atoms with E-state index in [4.69, 9.17) is 0 Å². The minimum absolute atomic E-state index is 0. The monoisotopic (exact) mass is 381 g/mol. The van der Waals surface area contributed by atoms with Gasteiger partial charge in [-0.1, -0.05) is 26.8 Å². The number of fused-ring (bicyclic) bond motifs is 1. The maximum absolute atomic E-state index is 2.26. The van der Waals surface area contributed by atoms with Gasteiger partial charge in [-0.15, -0.1) is 40.6 Å². The van der Waals surface area contributed by atoms with Crippen LogP contribution in [0.2, 0.25) is 0 Å². The largest absolute Gasteiger partial charge is 0.358 e. The van der Waals surface area contributed by atoms with Gasteiger partial charge in [-0.2, -0.15) is 6.07 Å². The summed E-state index contributed by atoms with van der Waals surface area (Å²) in [5.41, 5.74) is 1.70. The molecule has 0 aliphatic rings. The molecule has 0 radical (unpaired) electrons. The van der Waals surface area contributed by atoms with E-state index in [-0.39, 0.29) is 46.1 Å². The van der Waals surface area contributed by atoms with Gasteiger partial charge >= 0.3 is 0 Å². The fourth-order valence-electron chi connectivity index (χ4n) is 1.80. The molecule has 0 bridgehead atoms. The van der Waals surface area contributed by atoms with Crippen molar-refractivity contribution in [3.05, 3.63) is 56.8 Å². The van der Waals surface area contributed by atoms with Crippen LogP contribution >= 0.6 is 0 Å². The first-order valence-corrected chi connectivity index (χ1v) is 4.74.